The van der Waals surface area contributed by atoms with Gasteiger partial charge in [0.1, 0.15) is 0 Å². The van der Waals surface area contributed by atoms with Crippen molar-refractivity contribution in [2.24, 2.45) is 0 Å². The van der Waals surface area contributed by atoms with Crippen LogP contribution in [0.4, 0.5) is 5.69 Å². The fourth-order valence-corrected chi connectivity index (χ4v) is 10.0. The summed E-state index contributed by atoms with van der Waals surface area (Å²) in [4.78, 5) is 16.9. The molecule has 4 rings (SSSR count). The largest absolute Gasteiger partial charge is 0.469 e. The van der Waals surface area contributed by atoms with E-state index in [1.54, 1.807) is 0 Å². The summed E-state index contributed by atoms with van der Waals surface area (Å²) >= 11 is 0. The first-order chi connectivity index (χ1) is 23.4. The Morgan fingerprint density at radius 2 is 0.980 bits per heavy atom. The van der Waals surface area contributed by atoms with E-state index < -0.39 is 79.4 Å². The first kappa shape index (κ1) is 43.8. The van der Waals surface area contributed by atoms with Crippen LogP contribution < -0.4 is 5.73 Å². The number of aliphatic hydroxyl groups is 2. The fraction of sp³-hybridized carbons (Fsp3) is 0.360. The monoisotopic (exact) mass is 823 g/mol. The second-order valence-electron chi connectivity index (χ2n) is 10.0. The molecule has 0 bridgehead atoms. The highest BCUT2D eigenvalue weighted by Crippen LogP contribution is 2.44. The van der Waals surface area contributed by atoms with Gasteiger partial charge >= 0.3 is 25.2 Å². The zero-order valence-electron chi connectivity index (χ0n) is 25.6. The van der Waals surface area contributed by atoms with Gasteiger partial charge in [0, 0.05) is 51.2 Å². The maximum atomic E-state index is 13.6. The van der Waals surface area contributed by atoms with E-state index in [2.05, 4.69) is 13.9 Å². The summed E-state index contributed by atoms with van der Waals surface area (Å²) in [6, 6.07) is 8.11. The number of phosphoric ester groups is 1. The normalized spacial score (nSPS) is 12.7. The third-order valence-corrected chi connectivity index (χ3v) is 13.0. The van der Waals surface area contributed by atoms with Crippen molar-refractivity contribution in [1.82, 2.24) is 0 Å². The summed E-state index contributed by atoms with van der Waals surface area (Å²) in [6.45, 7) is -1.38. The van der Waals surface area contributed by atoms with Crippen molar-refractivity contribution in [3.05, 3.63) is 36.4 Å². The first-order valence-electron chi connectivity index (χ1n) is 13.8. The molecule has 0 atom stereocenters. The Balaban J connectivity index is 0.000000978. The van der Waals surface area contributed by atoms with Crippen LogP contribution in [0.3, 0.4) is 0 Å². The van der Waals surface area contributed by atoms with E-state index >= 15 is 0 Å². The first-order valence-corrected chi connectivity index (χ1v) is 21.7. The van der Waals surface area contributed by atoms with E-state index in [0.29, 0.717) is 5.39 Å². The Morgan fingerprint density at radius 3 is 1.34 bits per heavy atom. The van der Waals surface area contributed by atoms with Crippen LogP contribution in [-0.4, -0.2) is 92.8 Å². The number of nitrogens with two attached hydrogens (primary N) is 1. The average Bonchev–Trinajstić information content (AvgIpc) is 3.07. The van der Waals surface area contributed by atoms with E-state index in [9.17, 15) is 40.0 Å². The van der Waals surface area contributed by atoms with E-state index in [1.807, 2.05) is 0 Å². The third-order valence-electron chi connectivity index (χ3n) is 6.85. The molecule has 4 aromatic carbocycles. The minimum Gasteiger partial charge on any atom is -0.398 e. The molecule has 50 heavy (non-hydrogen) atoms. The number of hydrogen-bond donors (Lipinski definition) is 7. The summed E-state index contributed by atoms with van der Waals surface area (Å²) in [5.74, 6) is -1.52. The van der Waals surface area contributed by atoms with Gasteiger partial charge in [0.2, 0.25) is 0 Å². The molecule has 0 saturated carbocycles. The molecule has 0 fully saturated rings. The van der Waals surface area contributed by atoms with Crippen LogP contribution in [-0.2, 0) is 57.1 Å². The fourth-order valence-electron chi connectivity index (χ4n) is 4.97. The molecular formula is C25H32NO18P3S3. The van der Waals surface area contributed by atoms with E-state index in [1.165, 1.54) is 30.3 Å². The van der Waals surface area contributed by atoms with Crippen LogP contribution >= 0.6 is 25.2 Å². The lowest BCUT2D eigenvalue weighted by Crippen LogP contribution is -2.14. The second kappa shape index (κ2) is 18.9. The molecule has 19 nitrogen and oxygen atoms in total. The number of hydrogen-bond acceptors (Lipinski definition) is 17. The summed E-state index contributed by atoms with van der Waals surface area (Å²) in [5, 5.41) is 33.7. The minimum atomic E-state index is -4.84. The molecule has 0 spiro atoms. The number of rotatable bonds is 16. The van der Waals surface area contributed by atoms with Gasteiger partial charge < -0.3 is 25.7 Å². The highest BCUT2D eigenvalue weighted by atomic mass is 32.2. The predicted octanol–water partition coefficient (Wildman–Crippen LogP) is 3.12. The lowest BCUT2D eigenvalue weighted by Gasteiger charge is -2.20. The molecule has 0 unspecified atom stereocenters. The summed E-state index contributed by atoms with van der Waals surface area (Å²) in [6.07, 6.45) is -0.472. The Labute approximate surface area is 288 Å². The molecule has 0 aliphatic carbocycles. The van der Waals surface area contributed by atoms with E-state index in [-0.39, 0.29) is 78.9 Å². The number of sulfone groups is 3. The van der Waals surface area contributed by atoms with Gasteiger partial charge in [-0.25, -0.2) is 49.5 Å². The zero-order valence-corrected chi connectivity index (χ0v) is 30.7. The van der Waals surface area contributed by atoms with Crippen LogP contribution in [0.25, 0.3) is 32.3 Å². The Kier molecular flexibility index (Phi) is 16.6. The standard InChI is InChI=1S/C25H30NO12PS3.2HO3P/c26-20-14-21(40(32,33)11-1-8-27)17-6-7-19-22(41(34,35)12-2-9-28)15-23(18-5-4-16(20)24(17)25(18)19)42(36,37)13-3-10-38-39(29,30)31;2*1-3-4-2/h4-7,14-15,27-28H,1-3,8-13,26H2,(H2,29,30,31);2*1H. The van der Waals surface area contributed by atoms with E-state index in [0.717, 1.165) is 6.07 Å². The Bertz CT molecular complexity index is 2170. The molecule has 4 aromatic rings. The van der Waals surface area contributed by atoms with Crippen molar-refractivity contribution in [2.75, 3.05) is 42.8 Å². The number of aliphatic hydroxyl groups excluding tert-OH is 2. The summed E-state index contributed by atoms with van der Waals surface area (Å²) < 4.78 is 119. The van der Waals surface area contributed by atoms with Crippen LogP contribution in [0.2, 0.25) is 0 Å². The minimum absolute atomic E-state index is 0.0361. The molecule has 0 aliphatic rings. The third kappa shape index (κ3) is 11.1. The topological polar surface area (TPSA) is 329 Å². The molecule has 0 heterocycles. The van der Waals surface area contributed by atoms with Gasteiger partial charge in [0.15, 0.2) is 29.5 Å². The number of phosphoric acid groups is 1. The molecule has 0 amide bonds. The van der Waals surface area contributed by atoms with Gasteiger partial charge in [0.05, 0.1) is 38.6 Å². The van der Waals surface area contributed by atoms with Crippen molar-refractivity contribution in [3.8, 4) is 0 Å². The lowest BCUT2D eigenvalue weighted by atomic mass is 9.93. The van der Waals surface area contributed by atoms with Gasteiger partial charge in [0.25, 0.3) is 0 Å². The molecule has 0 aromatic heterocycles. The SMILES string of the molecule is Nc1cc(S(=O)(=O)CCCO)c2ccc3c(S(=O)(=O)CCCO)cc(S(=O)(=O)CCCOP(=O)(O)O)c4ccc1c2c34.O=POO.O=POO. The lowest BCUT2D eigenvalue weighted by molar-refractivity contribution is -0.125. The number of anilines is 1. The zero-order chi connectivity index (χ0) is 37.9. The quantitative estimate of drug-likeness (QED) is 0.0213. The second-order valence-corrected chi connectivity index (χ2v) is 18.1. The van der Waals surface area contributed by atoms with Crippen LogP contribution in [0.15, 0.2) is 51.1 Å². The predicted molar refractivity (Wildman–Crippen MR) is 179 cm³/mol. The van der Waals surface area contributed by atoms with Crippen molar-refractivity contribution >= 4 is 92.7 Å². The van der Waals surface area contributed by atoms with Crippen LogP contribution in [0.1, 0.15) is 19.3 Å². The molecule has 0 saturated heterocycles. The number of nitrogen functional groups attached to an aromatic ring is 1. The Morgan fingerprint density at radius 1 is 0.640 bits per heavy atom. The molecule has 278 valence electrons. The molecule has 0 aliphatic heterocycles. The van der Waals surface area contributed by atoms with Crippen molar-refractivity contribution in [3.63, 3.8) is 0 Å². The van der Waals surface area contributed by atoms with Crippen LogP contribution in [0.5, 0.6) is 0 Å². The van der Waals surface area contributed by atoms with Crippen molar-refractivity contribution in [2.45, 2.75) is 33.9 Å². The maximum Gasteiger partial charge on any atom is 0.469 e. The molecule has 25 heteroatoms. The average molecular weight is 824 g/mol. The molecule has 8 N–H and O–H groups in total. The smallest absolute Gasteiger partial charge is 0.398 e. The van der Waals surface area contributed by atoms with Gasteiger partial charge in [-0.1, -0.05) is 24.3 Å². The number of benzene rings is 4. The molecule has 0 radical (unpaired) electrons. The molecular weight excluding hydrogens is 791 g/mol. The van der Waals surface area contributed by atoms with Gasteiger partial charge in [-0.15, -0.1) is 9.35 Å². The van der Waals surface area contributed by atoms with Gasteiger partial charge in [-0.05, 0) is 31.4 Å². The van der Waals surface area contributed by atoms with Gasteiger partial charge in [-0.2, -0.15) is 0 Å². The highest BCUT2D eigenvalue weighted by molar-refractivity contribution is 7.92. The van der Waals surface area contributed by atoms with E-state index in [4.69, 9.17) is 35.2 Å². The van der Waals surface area contributed by atoms with Crippen LogP contribution in [0, 0.1) is 0 Å². The Hall–Kier alpha value is -2.36. The maximum absolute atomic E-state index is 13.6. The highest BCUT2D eigenvalue weighted by Gasteiger charge is 2.29. The van der Waals surface area contributed by atoms with Crippen molar-refractivity contribution in [1.29, 1.82) is 0 Å². The van der Waals surface area contributed by atoms with Crippen molar-refractivity contribution < 1.29 is 83.3 Å². The summed E-state index contributed by atoms with van der Waals surface area (Å²) in [5.41, 5.74) is 6.33. The summed E-state index contributed by atoms with van der Waals surface area (Å²) in [7, 11) is -18.7. The van der Waals surface area contributed by atoms with Gasteiger partial charge in [-0.3, -0.25) is 4.52 Å².